The van der Waals surface area contributed by atoms with Crippen molar-refractivity contribution in [3.63, 3.8) is 0 Å². The first kappa shape index (κ1) is 19.1. The summed E-state index contributed by atoms with van der Waals surface area (Å²) in [5.74, 6) is 1.23. The second-order valence-corrected chi connectivity index (χ2v) is 6.57. The van der Waals surface area contributed by atoms with Crippen LogP contribution in [0.15, 0.2) is 42.5 Å². The molecule has 0 bridgehead atoms. The van der Waals surface area contributed by atoms with Crippen LogP contribution in [0.2, 0.25) is 0 Å². The molecule has 0 saturated carbocycles. The van der Waals surface area contributed by atoms with E-state index in [9.17, 15) is 4.79 Å². The molecule has 0 radical (unpaired) electrons. The first-order chi connectivity index (χ1) is 12.7. The van der Waals surface area contributed by atoms with E-state index < -0.39 is 0 Å². The van der Waals surface area contributed by atoms with E-state index in [1.807, 2.05) is 24.3 Å². The minimum absolute atomic E-state index is 0. The third kappa shape index (κ3) is 4.35. The lowest BCUT2D eigenvalue weighted by molar-refractivity contribution is -0.115. The number of H-pyrrole nitrogens is 1. The minimum atomic E-state index is -0.0148. The van der Waals surface area contributed by atoms with E-state index in [0.717, 1.165) is 29.7 Å². The van der Waals surface area contributed by atoms with Gasteiger partial charge in [0.2, 0.25) is 5.91 Å². The molecule has 27 heavy (non-hydrogen) atoms. The third-order valence-electron chi connectivity index (χ3n) is 4.68. The number of rotatable bonds is 5. The molecule has 0 spiro atoms. The van der Waals surface area contributed by atoms with Crippen molar-refractivity contribution in [1.82, 2.24) is 15.2 Å². The highest BCUT2D eigenvalue weighted by atomic mass is 35.5. The number of aromatic amines is 1. The largest absolute Gasteiger partial charge is 0.326 e. The summed E-state index contributed by atoms with van der Waals surface area (Å²) in [6.45, 7) is 0.323. The molecule has 1 aliphatic carbocycles. The van der Waals surface area contributed by atoms with E-state index in [1.54, 1.807) is 0 Å². The molecule has 140 valence electrons. The number of carbonyl (C=O) groups is 1. The molecule has 7 heteroatoms. The second-order valence-electron chi connectivity index (χ2n) is 6.57. The molecule has 3 aromatic rings. The number of anilines is 1. The lowest BCUT2D eigenvalue weighted by Gasteiger charge is -2.07. The number of nitrogens with zero attached hydrogens (tertiary/aromatic N) is 2. The number of aromatic nitrogens is 3. The van der Waals surface area contributed by atoms with Gasteiger partial charge in [-0.25, -0.2) is 4.98 Å². The summed E-state index contributed by atoms with van der Waals surface area (Å²) in [6.07, 6.45) is 3.88. The normalized spacial score (nSPS) is 12.3. The quantitative estimate of drug-likeness (QED) is 0.630. The molecule has 0 unspecified atom stereocenters. The van der Waals surface area contributed by atoms with Gasteiger partial charge in [0.1, 0.15) is 5.82 Å². The number of nitrogens with one attached hydrogen (secondary N) is 2. The van der Waals surface area contributed by atoms with E-state index in [0.29, 0.717) is 24.6 Å². The number of benzene rings is 2. The maximum Gasteiger partial charge on any atom is 0.228 e. The Bertz CT molecular complexity index is 936. The first-order valence-corrected chi connectivity index (χ1v) is 8.83. The molecule has 2 aromatic carbocycles. The summed E-state index contributed by atoms with van der Waals surface area (Å²) >= 11 is 0. The fraction of sp³-hybridized carbons (Fsp3) is 0.250. The zero-order valence-corrected chi connectivity index (χ0v) is 15.7. The molecule has 6 nitrogen and oxygen atoms in total. The van der Waals surface area contributed by atoms with Gasteiger partial charge >= 0.3 is 0 Å². The smallest absolute Gasteiger partial charge is 0.228 e. The van der Waals surface area contributed by atoms with Gasteiger partial charge in [0.05, 0.1) is 13.0 Å². The van der Waals surface area contributed by atoms with E-state index in [1.165, 1.54) is 17.5 Å². The number of fused-ring (bicyclic) bond motifs is 1. The van der Waals surface area contributed by atoms with Crippen LogP contribution in [0, 0.1) is 0 Å². The molecule has 0 atom stereocenters. The molecule has 0 saturated heterocycles. The first-order valence-electron chi connectivity index (χ1n) is 8.83. The Balaban J connectivity index is 0.00000210. The third-order valence-corrected chi connectivity index (χ3v) is 4.68. The summed E-state index contributed by atoms with van der Waals surface area (Å²) in [6, 6.07) is 13.9. The standard InChI is InChI=1S/C20H21N5O.ClH/c21-12-18-23-20(25-24-18)15-6-8-17(9-7-15)22-19(26)11-13-4-5-14-2-1-3-16(14)10-13;/h4-10H,1-3,11-12,21H2,(H,22,26)(H,23,24,25);1H. The molecule has 4 N–H and O–H groups in total. The van der Waals surface area contributed by atoms with Crippen LogP contribution in [-0.2, 0) is 30.6 Å². The maximum atomic E-state index is 12.3. The van der Waals surface area contributed by atoms with Gasteiger partial charge in [-0.2, -0.15) is 5.10 Å². The molecule has 4 rings (SSSR count). The lowest BCUT2D eigenvalue weighted by Crippen LogP contribution is -2.14. The fourth-order valence-corrected chi connectivity index (χ4v) is 3.34. The fourth-order valence-electron chi connectivity index (χ4n) is 3.34. The van der Waals surface area contributed by atoms with Gasteiger partial charge in [-0.3, -0.25) is 9.89 Å². The molecule has 1 amide bonds. The zero-order chi connectivity index (χ0) is 17.9. The van der Waals surface area contributed by atoms with E-state index >= 15 is 0 Å². The Morgan fingerprint density at radius 1 is 1.11 bits per heavy atom. The van der Waals surface area contributed by atoms with Gasteiger partial charge in [-0.05, 0) is 60.2 Å². The number of hydrogen-bond acceptors (Lipinski definition) is 4. The maximum absolute atomic E-state index is 12.3. The van der Waals surface area contributed by atoms with Crippen molar-refractivity contribution in [2.75, 3.05) is 5.32 Å². The highest BCUT2D eigenvalue weighted by molar-refractivity contribution is 5.92. The van der Waals surface area contributed by atoms with Crippen LogP contribution in [0.3, 0.4) is 0 Å². The molecule has 1 aromatic heterocycles. The second kappa shape index (κ2) is 8.33. The molecule has 0 aliphatic heterocycles. The van der Waals surface area contributed by atoms with Crippen molar-refractivity contribution in [1.29, 1.82) is 0 Å². The molecule has 0 fully saturated rings. The Morgan fingerprint density at radius 3 is 2.63 bits per heavy atom. The van der Waals surface area contributed by atoms with Crippen molar-refractivity contribution < 1.29 is 4.79 Å². The van der Waals surface area contributed by atoms with E-state index in [4.69, 9.17) is 5.73 Å². The predicted molar refractivity (Wildman–Crippen MR) is 108 cm³/mol. The average Bonchev–Trinajstić information content (AvgIpc) is 3.31. The van der Waals surface area contributed by atoms with Gasteiger partial charge < -0.3 is 11.1 Å². The number of carbonyl (C=O) groups excluding carboxylic acids is 1. The Labute approximate surface area is 164 Å². The van der Waals surface area contributed by atoms with E-state index in [2.05, 4.69) is 38.7 Å². The number of aryl methyl sites for hydroxylation is 2. The van der Waals surface area contributed by atoms with Crippen LogP contribution in [0.4, 0.5) is 5.69 Å². The van der Waals surface area contributed by atoms with Crippen LogP contribution < -0.4 is 11.1 Å². The summed E-state index contributed by atoms with van der Waals surface area (Å²) in [5.41, 5.74) is 11.0. The minimum Gasteiger partial charge on any atom is -0.326 e. The molecular weight excluding hydrogens is 362 g/mol. The van der Waals surface area contributed by atoms with Crippen LogP contribution in [-0.4, -0.2) is 21.1 Å². The highest BCUT2D eigenvalue weighted by Gasteiger charge is 2.12. The summed E-state index contributed by atoms with van der Waals surface area (Å²) < 4.78 is 0. The van der Waals surface area contributed by atoms with Crippen molar-refractivity contribution in [3.8, 4) is 11.4 Å². The van der Waals surface area contributed by atoms with Crippen LogP contribution in [0.1, 0.15) is 28.9 Å². The number of amides is 1. The van der Waals surface area contributed by atoms with Crippen LogP contribution in [0.5, 0.6) is 0 Å². The predicted octanol–water partition coefficient (Wildman–Crippen LogP) is 3.02. The van der Waals surface area contributed by atoms with E-state index in [-0.39, 0.29) is 18.3 Å². The van der Waals surface area contributed by atoms with Gasteiger partial charge in [-0.1, -0.05) is 18.2 Å². The number of nitrogens with two attached hydrogens (primary N) is 1. The Morgan fingerprint density at radius 2 is 1.89 bits per heavy atom. The molecule has 1 heterocycles. The highest BCUT2D eigenvalue weighted by Crippen LogP contribution is 2.23. The van der Waals surface area contributed by atoms with Crippen LogP contribution >= 0.6 is 12.4 Å². The van der Waals surface area contributed by atoms with Crippen molar-refractivity contribution in [2.24, 2.45) is 5.73 Å². The molecular formula is C20H22ClN5O. The van der Waals surface area contributed by atoms with Gasteiger partial charge in [0, 0.05) is 11.3 Å². The van der Waals surface area contributed by atoms with Gasteiger partial charge in [-0.15, -0.1) is 12.4 Å². The summed E-state index contributed by atoms with van der Waals surface area (Å²) in [5, 5.41) is 9.86. The van der Waals surface area contributed by atoms with Gasteiger partial charge in [0.15, 0.2) is 5.82 Å². The molecule has 1 aliphatic rings. The Hall–Kier alpha value is -2.70. The average molecular weight is 384 g/mol. The monoisotopic (exact) mass is 383 g/mol. The number of halogens is 1. The van der Waals surface area contributed by atoms with Crippen LogP contribution in [0.25, 0.3) is 11.4 Å². The lowest BCUT2D eigenvalue weighted by atomic mass is 10.0. The number of hydrogen-bond donors (Lipinski definition) is 3. The van der Waals surface area contributed by atoms with Crippen molar-refractivity contribution in [2.45, 2.75) is 32.2 Å². The topological polar surface area (TPSA) is 96.7 Å². The van der Waals surface area contributed by atoms with Crippen molar-refractivity contribution in [3.05, 3.63) is 65.0 Å². The van der Waals surface area contributed by atoms with Crippen molar-refractivity contribution >= 4 is 24.0 Å². The van der Waals surface area contributed by atoms with Gasteiger partial charge in [0.25, 0.3) is 0 Å². The summed E-state index contributed by atoms with van der Waals surface area (Å²) in [4.78, 5) is 16.6. The summed E-state index contributed by atoms with van der Waals surface area (Å²) in [7, 11) is 0. The Kier molecular flexibility index (Phi) is 5.88. The zero-order valence-electron chi connectivity index (χ0n) is 14.9. The SMILES string of the molecule is Cl.NCc1nc(-c2ccc(NC(=O)Cc3ccc4c(c3)CCC4)cc2)n[nH]1.